The number of carbonyl (C=O) groups is 1. The normalized spacial score (nSPS) is 25.7. The van der Waals surface area contributed by atoms with E-state index in [9.17, 15) is 4.79 Å². The predicted octanol–water partition coefficient (Wildman–Crippen LogP) is 2.80. The Labute approximate surface area is 134 Å². The number of hydrogen-bond donors (Lipinski definition) is 2. The minimum Gasteiger partial charge on any atom is -0.409 e. The summed E-state index contributed by atoms with van der Waals surface area (Å²) in [6.07, 6.45) is 2.61. The van der Waals surface area contributed by atoms with Gasteiger partial charge in [-0.2, -0.15) is 0 Å². The van der Waals surface area contributed by atoms with E-state index in [0.717, 1.165) is 18.4 Å². The summed E-state index contributed by atoms with van der Waals surface area (Å²) in [5.74, 6) is 0.321. The number of rotatable bonds is 5. The van der Waals surface area contributed by atoms with Gasteiger partial charge in [-0.05, 0) is 25.3 Å². The summed E-state index contributed by atoms with van der Waals surface area (Å²) >= 11 is 6.35. The van der Waals surface area contributed by atoms with Gasteiger partial charge in [-0.3, -0.25) is 4.79 Å². The molecule has 0 aliphatic heterocycles. The molecule has 0 aromatic heterocycles. The second-order valence-electron chi connectivity index (χ2n) is 5.94. The first kappa shape index (κ1) is 15.3. The number of oxime groups is 1. The molecular weight excluding hydrogens is 304 g/mol. The number of carbonyl (C=O) groups excluding carboxylic acids is 1. The third-order valence-corrected chi connectivity index (χ3v) is 4.99. The number of hydrogen-bond acceptors (Lipinski definition) is 4. The molecule has 3 rings (SSSR count). The topological polar surface area (TPSA) is 70.9 Å². The van der Waals surface area contributed by atoms with Crippen molar-refractivity contribution in [2.24, 2.45) is 17.0 Å². The van der Waals surface area contributed by atoms with Crippen LogP contribution in [0.3, 0.4) is 0 Å². The van der Waals surface area contributed by atoms with Crippen LogP contribution in [0.5, 0.6) is 0 Å². The molecule has 0 unspecified atom stereocenters. The van der Waals surface area contributed by atoms with Gasteiger partial charge in [0.15, 0.2) is 5.78 Å². The van der Waals surface area contributed by atoms with Crippen LogP contribution in [-0.4, -0.2) is 31.0 Å². The smallest absolute Gasteiger partial charge is 0.166 e. The van der Waals surface area contributed by atoms with Crippen molar-refractivity contribution >= 4 is 23.2 Å². The number of Topliss-reactive ketones (excluding diaryl/α,β-unsaturated/α-hetero) is 1. The Morgan fingerprint density at radius 1 is 1.45 bits per heavy atom. The van der Waals surface area contributed by atoms with Crippen LogP contribution in [0, 0.1) is 11.8 Å². The van der Waals surface area contributed by atoms with Gasteiger partial charge in [-0.25, -0.2) is 0 Å². The number of methoxy groups -OCH3 is 1. The minimum atomic E-state index is -0.260. The Morgan fingerprint density at radius 3 is 2.68 bits per heavy atom. The summed E-state index contributed by atoms with van der Waals surface area (Å²) in [7, 11) is 3.37. The van der Waals surface area contributed by atoms with E-state index in [0.29, 0.717) is 22.8 Å². The first-order valence-corrected chi connectivity index (χ1v) is 7.73. The van der Waals surface area contributed by atoms with Gasteiger partial charge >= 0.3 is 0 Å². The molecule has 0 saturated heterocycles. The van der Waals surface area contributed by atoms with E-state index in [4.69, 9.17) is 21.5 Å². The number of ether oxygens (including phenoxy) is 1. The number of ketones is 1. The van der Waals surface area contributed by atoms with Crippen molar-refractivity contribution in [1.82, 2.24) is 5.32 Å². The molecule has 6 heteroatoms. The van der Waals surface area contributed by atoms with Crippen LogP contribution in [0.4, 0.5) is 0 Å². The first-order chi connectivity index (χ1) is 10.6. The second kappa shape index (κ2) is 5.56. The zero-order valence-electron chi connectivity index (χ0n) is 12.6. The van der Waals surface area contributed by atoms with E-state index in [-0.39, 0.29) is 23.2 Å². The van der Waals surface area contributed by atoms with Gasteiger partial charge in [0, 0.05) is 42.1 Å². The van der Waals surface area contributed by atoms with E-state index in [1.807, 2.05) is 12.1 Å². The van der Waals surface area contributed by atoms with Crippen molar-refractivity contribution in [3.63, 3.8) is 0 Å². The van der Waals surface area contributed by atoms with Crippen LogP contribution in [0.1, 0.15) is 35.2 Å². The molecule has 2 atom stereocenters. The molecule has 118 valence electrons. The molecule has 0 heterocycles. The van der Waals surface area contributed by atoms with Crippen LogP contribution in [-0.2, 0) is 10.3 Å². The molecule has 0 spiro atoms. The molecule has 2 aliphatic rings. The van der Waals surface area contributed by atoms with Crippen molar-refractivity contribution < 1.29 is 14.7 Å². The predicted molar refractivity (Wildman–Crippen MR) is 83.6 cm³/mol. The monoisotopic (exact) mass is 322 g/mol. The molecule has 0 amide bonds. The zero-order chi connectivity index (χ0) is 15.9. The molecule has 2 fully saturated rings. The lowest BCUT2D eigenvalue weighted by Gasteiger charge is -2.16. The Morgan fingerprint density at radius 2 is 2.18 bits per heavy atom. The molecule has 2 N–H and O–H groups in total. The van der Waals surface area contributed by atoms with Crippen molar-refractivity contribution in [3.8, 4) is 0 Å². The summed E-state index contributed by atoms with van der Waals surface area (Å²) in [5, 5.41) is 15.5. The van der Waals surface area contributed by atoms with E-state index in [2.05, 4.69) is 10.5 Å². The molecule has 5 nitrogen and oxygen atoms in total. The van der Waals surface area contributed by atoms with Crippen molar-refractivity contribution in [2.45, 2.75) is 24.9 Å². The summed E-state index contributed by atoms with van der Waals surface area (Å²) in [6.45, 7) is 0. The van der Waals surface area contributed by atoms with E-state index < -0.39 is 0 Å². The fourth-order valence-electron chi connectivity index (χ4n) is 3.05. The minimum absolute atomic E-state index is 0.0327. The molecule has 2 saturated carbocycles. The van der Waals surface area contributed by atoms with Gasteiger partial charge in [0.2, 0.25) is 0 Å². The Kier molecular flexibility index (Phi) is 3.87. The molecule has 1 aromatic carbocycles. The Bertz CT molecular complexity index is 640. The number of halogens is 1. The van der Waals surface area contributed by atoms with Gasteiger partial charge in [0.1, 0.15) is 5.84 Å². The average Bonchev–Trinajstić information content (AvgIpc) is 3.42. The summed E-state index contributed by atoms with van der Waals surface area (Å²) < 4.78 is 5.53. The highest BCUT2D eigenvalue weighted by atomic mass is 35.5. The highest BCUT2D eigenvalue weighted by Crippen LogP contribution is 2.51. The van der Waals surface area contributed by atoms with Crippen molar-refractivity contribution in [1.29, 1.82) is 0 Å². The van der Waals surface area contributed by atoms with E-state index in [1.165, 1.54) is 0 Å². The lowest BCUT2D eigenvalue weighted by molar-refractivity contribution is 0.0789. The quantitative estimate of drug-likeness (QED) is 0.287. The lowest BCUT2D eigenvalue weighted by atomic mass is 10.0. The summed E-state index contributed by atoms with van der Waals surface area (Å²) in [4.78, 5) is 12.5. The highest BCUT2D eigenvalue weighted by Gasteiger charge is 2.48. The third kappa shape index (κ3) is 2.48. The fourth-order valence-corrected chi connectivity index (χ4v) is 3.40. The zero-order valence-corrected chi connectivity index (χ0v) is 13.4. The molecule has 2 aliphatic carbocycles. The molecule has 1 aromatic rings. The number of amidine groups is 1. The molecule has 0 bridgehead atoms. The Balaban J connectivity index is 1.77. The largest absolute Gasteiger partial charge is 0.409 e. The standard InChI is InChI=1S/C16H19ClN2O3/c1-18-15(19-21)11-8-10(11)14(20)9-3-4-12(13(17)7-9)16(22-2)5-6-16/h3-4,7,10-11,21H,5-6,8H2,1-2H3,(H,18,19)/t10-,11-/m0/s1. The van der Waals surface area contributed by atoms with Crippen LogP contribution in [0.2, 0.25) is 5.02 Å². The SMILES string of the molecule is CN/C(=N\O)[C@H]1C[C@@H]1C(=O)c1ccc(C2(OC)CC2)c(Cl)c1. The van der Waals surface area contributed by atoms with E-state index >= 15 is 0 Å². The maximum absolute atomic E-state index is 12.5. The highest BCUT2D eigenvalue weighted by molar-refractivity contribution is 6.32. The van der Waals surface area contributed by atoms with Crippen LogP contribution in [0.15, 0.2) is 23.4 Å². The molecular formula is C16H19ClN2O3. The maximum atomic E-state index is 12.5. The lowest BCUT2D eigenvalue weighted by Crippen LogP contribution is -2.22. The fraction of sp³-hybridized carbons (Fsp3) is 0.500. The number of nitrogens with one attached hydrogen (secondary N) is 1. The van der Waals surface area contributed by atoms with Crippen LogP contribution >= 0.6 is 11.6 Å². The molecule has 0 radical (unpaired) electrons. The van der Waals surface area contributed by atoms with Gasteiger partial charge in [-0.15, -0.1) is 0 Å². The second-order valence-corrected chi connectivity index (χ2v) is 6.35. The average molecular weight is 323 g/mol. The Hall–Kier alpha value is -1.59. The van der Waals surface area contributed by atoms with Gasteiger partial charge in [0.05, 0.1) is 5.60 Å². The first-order valence-electron chi connectivity index (χ1n) is 7.35. The van der Waals surface area contributed by atoms with Crippen molar-refractivity contribution in [3.05, 3.63) is 34.3 Å². The number of nitrogens with zero attached hydrogens (tertiary/aromatic N) is 1. The summed E-state index contributed by atoms with van der Waals surface area (Å²) in [6, 6.07) is 5.43. The van der Waals surface area contributed by atoms with Gasteiger partial charge in [0.25, 0.3) is 0 Å². The summed E-state index contributed by atoms with van der Waals surface area (Å²) in [5.41, 5.74) is 1.29. The third-order valence-electron chi connectivity index (χ3n) is 4.68. The number of benzene rings is 1. The van der Waals surface area contributed by atoms with Crippen LogP contribution < -0.4 is 5.32 Å². The van der Waals surface area contributed by atoms with Gasteiger partial charge in [-0.1, -0.05) is 28.9 Å². The van der Waals surface area contributed by atoms with Crippen LogP contribution in [0.25, 0.3) is 0 Å². The van der Waals surface area contributed by atoms with Crippen molar-refractivity contribution in [2.75, 3.05) is 14.2 Å². The molecule has 22 heavy (non-hydrogen) atoms. The maximum Gasteiger partial charge on any atom is 0.166 e. The van der Waals surface area contributed by atoms with Gasteiger partial charge < -0.3 is 15.3 Å². The van der Waals surface area contributed by atoms with E-state index in [1.54, 1.807) is 20.2 Å².